The first-order chi connectivity index (χ1) is 29.5. The number of anilines is 4. The Morgan fingerprint density at radius 1 is 0.836 bits per heavy atom. The second-order valence-electron chi connectivity index (χ2n) is 17.3. The molecule has 7 heterocycles. The number of aromatic nitrogens is 4. The predicted octanol–water partition coefficient (Wildman–Crippen LogP) is 7.76. The molecule has 5 aliphatic rings. The molecule has 6 aromatic rings. The lowest BCUT2D eigenvalue weighted by molar-refractivity contribution is -0.134. The van der Waals surface area contributed by atoms with E-state index in [4.69, 9.17) is 10.1 Å². The van der Waals surface area contributed by atoms with E-state index in [-0.39, 0.29) is 41.8 Å². The maximum absolute atomic E-state index is 15.1. The number of hydrogen-bond acceptors (Lipinski definition) is 8. The number of piperidine rings is 2. The van der Waals surface area contributed by atoms with Gasteiger partial charge >= 0.3 is 0 Å². The lowest BCUT2D eigenvalue weighted by Crippen LogP contribution is -2.53. The maximum Gasteiger partial charge on any atom is 0.264 e. The number of pyridine rings is 2. The van der Waals surface area contributed by atoms with E-state index in [0.717, 1.165) is 95.9 Å². The minimum Gasteiger partial charge on any atom is -0.371 e. The van der Waals surface area contributed by atoms with Gasteiger partial charge in [0.05, 0.1) is 23.4 Å². The highest BCUT2D eigenvalue weighted by Gasteiger charge is 2.41. The highest BCUT2D eigenvalue weighted by Crippen LogP contribution is 2.47. The molecule has 12 nitrogen and oxygen atoms in total. The summed E-state index contributed by atoms with van der Waals surface area (Å²) in [6.45, 7) is 3.87. The molecule has 1 aliphatic carbocycles. The van der Waals surface area contributed by atoms with Gasteiger partial charge in [-0.15, -0.1) is 0 Å². The number of carbonyl (C=O) groups is 3. The van der Waals surface area contributed by atoms with Gasteiger partial charge in [0, 0.05) is 101 Å². The van der Waals surface area contributed by atoms with Crippen LogP contribution in [0, 0.1) is 6.92 Å². The third kappa shape index (κ3) is 6.04. The highest BCUT2D eigenvalue weighted by molar-refractivity contribution is 6.28. The molecule has 3 aromatic heterocycles. The topological polar surface area (TPSA) is 126 Å². The molecule has 1 saturated carbocycles. The minimum absolute atomic E-state index is 0.0482. The molecule has 2 saturated heterocycles. The summed E-state index contributed by atoms with van der Waals surface area (Å²) in [6, 6.07) is 16.4. The zero-order chi connectivity index (χ0) is 41.8. The zero-order valence-electron chi connectivity index (χ0n) is 34.0. The van der Waals surface area contributed by atoms with Gasteiger partial charge in [0.25, 0.3) is 17.9 Å². The van der Waals surface area contributed by atoms with Crippen molar-refractivity contribution in [2.45, 2.75) is 82.7 Å². The Bertz CT molecular complexity index is 2930. The van der Waals surface area contributed by atoms with Gasteiger partial charge in [-0.2, -0.15) is 5.10 Å². The van der Waals surface area contributed by atoms with Crippen LogP contribution in [0.4, 0.5) is 31.7 Å². The molecule has 3 fully saturated rings. The Hall–Kier alpha value is -6.44. The Labute approximate surface area is 349 Å². The van der Waals surface area contributed by atoms with Crippen LogP contribution in [0.2, 0.25) is 0 Å². The maximum atomic E-state index is 15.1. The summed E-state index contributed by atoms with van der Waals surface area (Å²) in [4.78, 5) is 62.4. The van der Waals surface area contributed by atoms with Gasteiger partial charge in [0.15, 0.2) is 0 Å². The number of aryl methyl sites for hydroxylation is 3. The fraction of sp³-hybridized carbons (Fsp3) is 0.362. The van der Waals surface area contributed by atoms with Crippen LogP contribution in [0.25, 0.3) is 32.8 Å². The zero-order valence-corrected chi connectivity index (χ0v) is 34.0. The molecular formula is C47H44F2N8O4. The number of rotatable bonds is 7. The number of carbonyl (C=O) groups excluding carboxylic acids is 3. The number of amides is 3. The van der Waals surface area contributed by atoms with Crippen LogP contribution in [-0.2, 0) is 23.1 Å². The van der Waals surface area contributed by atoms with E-state index in [9.17, 15) is 19.2 Å². The normalized spacial score (nSPS) is 19.5. The molecule has 310 valence electrons. The lowest BCUT2D eigenvalue weighted by Gasteiger charge is -2.35. The number of halogens is 2. The molecule has 1 atom stereocenters. The largest absolute Gasteiger partial charge is 0.371 e. The number of fused-ring (bicyclic) bond motifs is 2. The van der Waals surface area contributed by atoms with Crippen LogP contribution in [0.5, 0.6) is 0 Å². The fourth-order valence-electron chi connectivity index (χ4n) is 10.3. The van der Waals surface area contributed by atoms with E-state index in [1.807, 2.05) is 53.3 Å². The average Bonchev–Trinajstić information content (AvgIpc) is 3.93. The molecule has 1 N–H and O–H groups in total. The second kappa shape index (κ2) is 14.1. The number of imide groups is 1. The molecule has 0 bridgehead atoms. The average molecular weight is 823 g/mol. The van der Waals surface area contributed by atoms with Gasteiger partial charge in [-0.3, -0.25) is 34.1 Å². The molecule has 14 heteroatoms. The van der Waals surface area contributed by atoms with Crippen molar-refractivity contribution in [3.63, 3.8) is 0 Å². The SMILES string of the molecule is Cc1cc2c(N3CCCc4cc(-c5cnn(C6CCN(c7ccc8c9c(cccc79)C(=O)N8C7CCC(=O)NC7=O)CC6)c5)c(C(F)F)cc43)nc(C3CC3)cc2n(C)c1=O. The molecular weight excluding hydrogens is 779 g/mol. The number of alkyl halides is 2. The molecule has 0 radical (unpaired) electrons. The lowest BCUT2D eigenvalue weighted by atomic mass is 9.93. The van der Waals surface area contributed by atoms with Crippen LogP contribution in [0.15, 0.2) is 71.8 Å². The van der Waals surface area contributed by atoms with Crippen LogP contribution in [0.3, 0.4) is 0 Å². The molecule has 11 rings (SSSR count). The van der Waals surface area contributed by atoms with E-state index >= 15 is 8.78 Å². The second-order valence-corrected chi connectivity index (χ2v) is 17.3. The van der Waals surface area contributed by atoms with Crippen molar-refractivity contribution in [1.82, 2.24) is 24.6 Å². The van der Waals surface area contributed by atoms with Gasteiger partial charge in [-0.25, -0.2) is 13.8 Å². The van der Waals surface area contributed by atoms with E-state index in [1.165, 1.54) is 0 Å². The Morgan fingerprint density at radius 2 is 1.64 bits per heavy atom. The first kappa shape index (κ1) is 37.6. The van der Waals surface area contributed by atoms with E-state index in [0.29, 0.717) is 46.2 Å². The number of nitrogens with zero attached hydrogens (tertiary/aromatic N) is 7. The molecule has 3 amide bonds. The predicted molar refractivity (Wildman–Crippen MR) is 229 cm³/mol. The van der Waals surface area contributed by atoms with E-state index < -0.39 is 18.4 Å². The third-order valence-corrected chi connectivity index (χ3v) is 13.6. The van der Waals surface area contributed by atoms with Gasteiger partial charge in [-0.1, -0.05) is 12.1 Å². The van der Waals surface area contributed by atoms with E-state index in [2.05, 4.69) is 15.1 Å². The van der Waals surface area contributed by atoms with Crippen molar-refractivity contribution in [3.8, 4) is 11.1 Å². The van der Waals surface area contributed by atoms with Crippen molar-refractivity contribution in [2.75, 3.05) is 34.3 Å². The van der Waals surface area contributed by atoms with Crippen LogP contribution >= 0.6 is 0 Å². The number of benzene rings is 3. The van der Waals surface area contributed by atoms with Gasteiger partial charge in [0.1, 0.15) is 11.9 Å². The quantitative estimate of drug-likeness (QED) is 0.162. The summed E-state index contributed by atoms with van der Waals surface area (Å²) >= 11 is 0. The van der Waals surface area contributed by atoms with Crippen molar-refractivity contribution in [1.29, 1.82) is 0 Å². The monoisotopic (exact) mass is 822 g/mol. The van der Waals surface area contributed by atoms with Crippen molar-refractivity contribution < 1.29 is 23.2 Å². The Kier molecular flexibility index (Phi) is 8.66. The van der Waals surface area contributed by atoms with Crippen molar-refractivity contribution in [2.24, 2.45) is 7.05 Å². The highest BCUT2D eigenvalue weighted by atomic mass is 19.3. The fourth-order valence-corrected chi connectivity index (χ4v) is 10.3. The van der Waals surface area contributed by atoms with Crippen LogP contribution < -0.4 is 25.6 Å². The minimum atomic E-state index is -2.72. The third-order valence-electron chi connectivity index (χ3n) is 13.6. The summed E-state index contributed by atoms with van der Waals surface area (Å²) in [5.41, 5.74) is 7.33. The smallest absolute Gasteiger partial charge is 0.264 e. The standard InChI is InChI=1S/C47H44F2N8O4/c1-25-19-34-40(53(2)46(25)60)22-35(26-8-9-26)51-44(34)55-16-4-5-27-20-32(33(43(48)49)21-39(27)55)28-23-50-56(24-28)29-14-17-54(18-15-29)36-10-11-37-42-30(36)6-3-7-31(42)47(61)57(37)38-12-13-41(58)52-45(38)59/h3,6-7,10-11,19-24,26,29,38,43H,4-5,8-9,12-18H2,1-2H3,(H,52,58,59). The summed E-state index contributed by atoms with van der Waals surface area (Å²) in [5.74, 6) is 0.0388. The number of hydrogen-bond donors (Lipinski definition) is 1. The van der Waals surface area contributed by atoms with Gasteiger partial charge < -0.3 is 14.4 Å². The summed E-state index contributed by atoms with van der Waals surface area (Å²) in [6.07, 6.45) is 6.56. The summed E-state index contributed by atoms with van der Waals surface area (Å²) in [7, 11) is 1.78. The van der Waals surface area contributed by atoms with E-state index in [1.54, 1.807) is 41.8 Å². The first-order valence-electron chi connectivity index (χ1n) is 21.3. The molecule has 61 heavy (non-hydrogen) atoms. The van der Waals surface area contributed by atoms with Crippen molar-refractivity contribution >= 4 is 62.3 Å². The molecule has 3 aromatic carbocycles. The van der Waals surface area contributed by atoms with Crippen LogP contribution in [-0.4, -0.2) is 62.7 Å². The van der Waals surface area contributed by atoms with Crippen LogP contribution in [0.1, 0.15) is 96.1 Å². The van der Waals surface area contributed by atoms with Crippen molar-refractivity contribution in [3.05, 3.63) is 105 Å². The molecule has 0 spiro atoms. The van der Waals surface area contributed by atoms with Gasteiger partial charge in [-0.05, 0) is 105 Å². The summed E-state index contributed by atoms with van der Waals surface area (Å²) in [5, 5.41) is 9.72. The Morgan fingerprint density at radius 3 is 2.41 bits per heavy atom. The molecule has 4 aliphatic heterocycles. The van der Waals surface area contributed by atoms with Gasteiger partial charge in [0.2, 0.25) is 11.8 Å². The number of nitrogens with one attached hydrogen (secondary N) is 1. The summed E-state index contributed by atoms with van der Waals surface area (Å²) < 4.78 is 33.9. The Balaban J connectivity index is 0.864. The first-order valence-corrected chi connectivity index (χ1v) is 21.3. The molecule has 1 unspecified atom stereocenters.